The standard InChI is InChI=1S/C12H19N3O2/c1-12(2)4-3-9(8-17-12)7-16-10-5-14-11(13)15-6-10/h5-6,9H,3-4,7-8H2,1-2H3,(H2,13,14,15)/t9-/m0/s1. The number of rotatable bonds is 3. The lowest BCUT2D eigenvalue weighted by Gasteiger charge is -2.34. The minimum atomic E-state index is 0.0147. The van der Waals surface area contributed by atoms with Crippen molar-refractivity contribution in [1.29, 1.82) is 0 Å². The van der Waals surface area contributed by atoms with Crippen molar-refractivity contribution in [1.82, 2.24) is 9.97 Å². The molecule has 1 fully saturated rings. The summed E-state index contributed by atoms with van der Waals surface area (Å²) in [6, 6.07) is 0. The quantitative estimate of drug-likeness (QED) is 0.865. The average molecular weight is 237 g/mol. The second-order valence-corrected chi connectivity index (χ2v) is 5.06. The molecule has 0 unspecified atom stereocenters. The molecule has 0 saturated carbocycles. The normalized spacial score (nSPS) is 23.3. The third-order valence-electron chi connectivity index (χ3n) is 3.00. The lowest BCUT2D eigenvalue weighted by Crippen LogP contribution is -2.35. The molecule has 5 nitrogen and oxygen atoms in total. The summed E-state index contributed by atoms with van der Waals surface area (Å²) in [5, 5.41) is 0. The average Bonchev–Trinajstić information content (AvgIpc) is 2.30. The van der Waals surface area contributed by atoms with Crippen LogP contribution in [-0.2, 0) is 4.74 Å². The predicted molar refractivity (Wildman–Crippen MR) is 64.7 cm³/mol. The number of nitrogen functional groups attached to an aromatic ring is 1. The zero-order valence-corrected chi connectivity index (χ0v) is 10.3. The van der Waals surface area contributed by atoms with Gasteiger partial charge in [-0.25, -0.2) is 9.97 Å². The largest absolute Gasteiger partial charge is 0.490 e. The molecular weight excluding hydrogens is 218 g/mol. The fourth-order valence-electron chi connectivity index (χ4n) is 1.80. The van der Waals surface area contributed by atoms with Gasteiger partial charge in [0.05, 0.1) is 31.2 Å². The molecule has 5 heteroatoms. The zero-order chi connectivity index (χ0) is 12.3. The van der Waals surface area contributed by atoms with Gasteiger partial charge in [-0.1, -0.05) is 0 Å². The molecule has 2 rings (SSSR count). The Bertz CT molecular complexity index is 355. The Morgan fingerprint density at radius 3 is 2.76 bits per heavy atom. The van der Waals surface area contributed by atoms with E-state index in [-0.39, 0.29) is 11.5 Å². The Morgan fingerprint density at radius 2 is 2.18 bits per heavy atom. The fraction of sp³-hybridized carbons (Fsp3) is 0.667. The molecule has 1 aliphatic heterocycles. The van der Waals surface area contributed by atoms with Gasteiger partial charge in [-0.15, -0.1) is 0 Å². The molecule has 0 spiro atoms. The van der Waals surface area contributed by atoms with Crippen molar-refractivity contribution in [3.8, 4) is 5.75 Å². The first-order valence-corrected chi connectivity index (χ1v) is 5.89. The van der Waals surface area contributed by atoms with Crippen LogP contribution in [0.2, 0.25) is 0 Å². The summed E-state index contributed by atoms with van der Waals surface area (Å²) < 4.78 is 11.4. The van der Waals surface area contributed by atoms with Crippen molar-refractivity contribution in [2.45, 2.75) is 32.3 Å². The molecular formula is C12H19N3O2. The van der Waals surface area contributed by atoms with Crippen LogP contribution in [0.5, 0.6) is 5.75 Å². The van der Waals surface area contributed by atoms with Crippen LogP contribution in [0.1, 0.15) is 26.7 Å². The first-order valence-electron chi connectivity index (χ1n) is 5.89. The van der Waals surface area contributed by atoms with Crippen LogP contribution >= 0.6 is 0 Å². The van der Waals surface area contributed by atoms with Crippen molar-refractivity contribution >= 4 is 5.95 Å². The van der Waals surface area contributed by atoms with E-state index in [0.29, 0.717) is 18.3 Å². The van der Waals surface area contributed by atoms with E-state index in [1.807, 2.05) is 0 Å². The van der Waals surface area contributed by atoms with Gasteiger partial charge in [-0.2, -0.15) is 0 Å². The van der Waals surface area contributed by atoms with Crippen LogP contribution in [0.25, 0.3) is 0 Å². The van der Waals surface area contributed by atoms with E-state index in [4.69, 9.17) is 15.2 Å². The molecule has 2 N–H and O–H groups in total. The van der Waals surface area contributed by atoms with E-state index in [2.05, 4.69) is 23.8 Å². The summed E-state index contributed by atoms with van der Waals surface area (Å²) in [6.07, 6.45) is 5.38. The van der Waals surface area contributed by atoms with Gasteiger partial charge in [0, 0.05) is 5.92 Å². The van der Waals surface area contributed by atoms with Gasteiger partial charge in [0.15, 0.2) is 5.75 Å². The molecule has 94 valence electrons. The molecule has 0 radical (unpaired) electrons. The minimum absolute atomic E-state index is 0.0147. The molecule has 0 bridgehead atoms. The van der Waals surface area contributed by atoms with Crippen molar-refractivity contribution < 1.29 is 9.47 Å². The third kappa shape index (κ3) is 3.56. The molecule has 1 aromatic heterocycles. The van der Waals surface area contributed by atoms with Gasteiger partial charge in [0.2, 0.25) is 5.95 Å². The fourth-order valence-corrected chi connectivity index (χ4v) is 1.80. The first-order chi connectivity index (χ1) is 8.05. The van der Waals surface area contributed by atoms with E-state index in [0.717, 1.165) is 19.4 Å². The third-order valence-corrected chi connectivity index (χ3v) is 3.00. The Morgan fingerprint density at radius 1 is 1.47 bits per heavy atom. The Balaban J connectivity index is 1.78. The summed E-state index contributed by atoms with van der Waals surface area (Å²) in [4.78, 5) is 7.75. The Hall–Kier alpha value is -1.36. The second kappa shape index (κ2) is 4.87. The molecule has 2 heterocycles. The molecule has 0 aliphatic carbocycles. The summed E-state index contributed by atoms with van der Waals surface area (Å²) >= 11 is 0. The lowest BCUT2D eigenvalue weighted by molar-refractivity contribution is -0.0834. The van der Waals surface area contributed by atoms with E-state index in [1.165, 1.54) is 0 Å². The molecule has 1 aromatic rings. The van der Waals surface area contributed by atoms with Gasteiger partial charge in [0.1, 0.15) is 0 Å². The van der Waals surface area contributed by atoms with Crippen LogP contribution in [0.3, 0.4) is 0 Å². The highest BCUT2D eigenvalue weighted by molar-refractivity contribution is 5.21. The smallest absolute Gasteiger partial charge is 0.220 e. The number of hydrogen-bond donors (Lipinski definition) is 1. The maximum atomic E-state index is 5.75. The van der Waals surface area contributed by atoms with Crippen molar-refractivity contribution in [3.63, 3.8) is 0 Å². The van der Waals surface area contributed by atoms with Crippen LogP contribution in [0, 0.1) is 5.92 Å². The van der Waals surface area contributed by atoms with Gasteiger partial charge >= 0.3 is 0 Å². The second-order valence-electron chi connectivity index (χ2n) is 5.06. The molecule has 1 saturated heterocycles. The van der Waals surface area contributed by atoms with Crippen molar-refractivity contribution in [2.75, 3.05) is 18.9 Å². The first kappa shape index (κ1) is 12.1. The van der Waals surface area contributed by atoms with E-state index >= 15 is 0 Å². The summed E-state index contributed by atoms with van der Waals surface area (Å²) in [5.41, 5.74) is 5.41. The monoisotopic (exact) mass is 237 g/mol. The molecule has 1 aliphatic rings. The number of nitrogens with zero attached hydrogens (tertiary/aromatic N) is 2. The predicted octanol–water partition coefficient (Wildman–Crippen LogP) is 1.64. The van der Waals surface area contributed by atoms with Gasteiger partial charge < -0.3 is 15.2 Å². The number of ether oxygens (including phenoxy) is 2. The topological polar surface area (TPSA) is 70.3 Å². The molecule has 0 amide bonds. The Kier molecular flexibility index (Phi) is 3.47. The van der Waals surface area contributed by atoms with E-state index in [9.17, 15) is 0 Å². The highest BCUT2D eigenvalue weighted by Gasteiger charge is 2.27. The Labute approximate surface area is 101 Å². The SMILES string of the molecule is CC1(C)CC[C@@H](COc2cnc(N)nc2)CO1. The lowest BCUT2D eigenvalue weighted by atomic mass is 9.92. The van der Waals surface area contributed by atoms with Gasteiger partial charge in [-0.3, -0.25) is 0 Å². The van der Waals surface area contributed by atoms with Crippen molar-refractivity contribution in [3.05, 3.63) is 12.4 Å². The van der Waals surface area contributed by atoms with Gasteiger partial charge in [-0.05, 0) is 26.7 Å². The number of nitrogens with two attached hydrogens (primary N) is 1. The van der Waals surface area contributed by atoms with E-state index < -0.39 is 0 Å². The van der Waals surface area contributed by atoms with E-state index in [1.54, 1.807) is 12.4 Å². The van der Waals surface area contributed by atoms with Crippen molar-refractivity contribution in [2.24, 2.45) is 5.92 Å². The summed E-state index contributed by atoms with van der Waals surface area (Å²) in [6.45, 7) is 5.64. The maximum absolute atomic E-state index is 5.75. The highest BCUT2D eigenvalue weighted by Crippen LogP contribution is 2.27. The zero-order valence-electron chi connectivity index (χ0n) is 10.3. The maximum Gasteiger partial charge on any atom is 0.220 e. The van der Waals surface area contributed by atoms with Crippen LogP contribution < -0.4 is 10.5 Å². The number of anilines is 1. The number of hydrogen-bond acceptors (Lipinski definition) is 5. The molecule has 0 aromatic carbocycles. The summed E-state index contributed by atoms with van der Waals surface area (Å²) in [7, 11) is 0. The van der Waals surface area contributed by atoms with Crippen LogP contribution in [0.15, 0.2) is 12.4 Å². The van der Waals surface area contributed by atoms with Gasteiger partial charge in [0.25, 0.3) is 0 Å². The minimum Gasteiger partial charge on any atom is -0.490 e. The van der Waals surface area contributed by atoms with Crippen LogP contribution in [-0.4, -0.2) is 28.8 Å². The molecule has 17 heavy (non-hydrogen) atoms. The highest BCUT2D eigenvalue weighted by atomic mass is 16.5. The number of aromatic nitrogens is 2. The molecule has 1 atom stereocenters. The summed E-state index contributed by atoms with van der Waals surface area (Å²) in [5.74, 6) is 1.37. The van der Waals surface area contributed by atoms with Crippen LogP contribution in [0.4, 0.5) is 5.95 Å².